The standard InChI is InChI=1S/C49H66ClF6N7O8/c1-26(2)19-34-42(68)62(6)36(21-29-20-30(50)14-17-33(29)27-12-15-32(64)16-13-27)41(67)60-46(3,4)44(70)57-18-8-7-9-35(39(65)58-34)61(5)43(69)38(28-10-11-28)59-40(66)37-22-31(51)23-63(37)45(71)47(49(54,55)56)24-48(52,53)25-47/h12,14,17,20,26,28,31-32,34-38,64H,7-11,13,15-16,18-19,21-25H2,1-6H3,(H,57,70)(H,58,65)(H,59,66)(H,60,67)/t31-,32?,34+,35+,36+,37+,38+/m1/s1. The van der Waals surface area contributed by atoms with Crippen LogP contribution in [0.2, 0.25) is 5.02 Å². The number of halogens is 7. The number of benzene rings is 1. The molecule has 2 heterocycles. The number of hydrogen-bond donors (Lipinski definition) is 5. The Bertz CT molecular complexity index is 2250. The number of alkyl halides is 6. The summed E-state index contributed by atoms with van der Waals surface area (Å²) in [5.74, 6) is -11.0. The minimum absolute atomic E-state index is 0.0144. The minimum atomic E-state index is -5.42. The second-order valence-corrected chi connectivity index (χ2v) is 21.5. The van der Waals surface area contributed by atoms with E-state index in [0.29, 0.717) is 47.6 Å². The van der Waals surface area contributed by atoms with Crippen LogP contribution in [0.3, 0.4) is 0 Å². The van der Waals surface area contributed by atoms with Crippen molar-refractivity contribution in [1.82, 2.24) is 36.0 Å². The first-order valence-corrected chi connectivity index (χ1v) is 24.7. The molecule has 394 valence electrons. The molecule has 4 fully saturated rings. The van der Waals surface area contributed by atoms with E-state index in [1.54, 1.807) is 12.1 Å². The Labute approximate surface area is 414 Å². The fourth-order valence-corrected chi connectivity index (χ4v) is 10.4. The lowest BCUT2D eigenvalue weighted by atomic mass is 9.64. The van der Waals surface area contributed by atoms with Crippen LogP contribution in [-0.2, 0) is 40.0 Å². The number of aliphatic hydroxyl groups is 1. The summed E-state index contributed by atoms with van der Waals surface area (Å²) in [4.78, 5) is 102. The van der Waals surface area contributed by atoms with Gasteiger partial charge in [-0.1, -0.05) is 37.6 Å². The summed E-state index contributed by atoms with van der Waals surface area (Å²) in [5.41, 5.74) is -2.69. The van der Waals surface area contributed by atoms with E-state index in [2.05, 4.69) is 21.3 Å². The lowest BCUT2D eigenvalue weighted by Crippen LogP contribution is -2.65. The van der Waals surface area contributed by atoms with Crippen LogP contribution in [0.5, 0.6) is 0 Å². The maximum absolute atomic E-state index is 14.9. The number of allylic oxidation sites excluding steroid dienone is 1. The fraction of sp³-hybridized carbons (Fsp3) is 0.694. The molecule has 2 saturated carbocycles. The third-order valence-electron chi connectivity index (χ3n) is 14.5. The highest BCUT2D eigenvalue weighted by atomic mass is 35.5. The number of aliphatic hydroxyl groups excluding tert-OH is 1. The molecule has 0 bridgehead atoms. The van der Waals surface area contributed by atoms with Crippen molar-refractivity contribution in [2.75, 3.05) is 27.2 Å². The molecule has 5 aliphatic rings. The Kier molecular flexibility index (Phi) is 16.9. The molecule has 1 aromatic rings. The summed E-state index contributed by atoms with van der Waals surface area (Å²) >= 11 is 6.52. The highest BCUT2D eigenvalue weighted by Crippen LogP contribution is 2.61. The van der Waals surface area contributed by atoms with E-state index < -0.39 is 139 Å². The summed E-state index contributed by atoms with van der Waals surface area (Å²) < 4.78 is 85.5. The molecule has 15 nitrogen and oxygen atoms in total. The third kappa shape index (κ3) is 12.6. The first-order chi connectivity index (χ1) is 33.1. The van der Waals surface area contributed by atoms with Gasteiger partial charge in [0.25, 0.3) is 5.92 Å². The first-order valence-electron chi connectivity index (χ1n) is 24.4. The van der Waals surface area contributed by atoms with E-state index in [-0.39, 0.29) is 44.6 Å². The van der Waals surface area contributed by atoms with Crippen LogP contribution in [0.25, 0.3) is 5.57 Å². The number of rotatable bonds is 11. The number of carbonyl (C=O) groups excluding carboxylic acids is 7. The van der Waals surface area contributed by atoms with Crippen LogP contribution in [0, 0.1) is 17.3 Å². The SMILES string of the molecule is CC(C)C[C@@H]1NC(=O)[C@@H](N(C)C(=O)[C@@H](NC(=O)[C@@H]2C[C@@H](F)CN2C(=O)C2(C(F)(F)F)CC(F)(F)C2)C2CC2)CCCCNC(=O)C(C)(C)NC(=O)[C@H](Cc2cc(Cl)ccc2C2=CCC(O)CC2)N(C)C1=O. The number of carbonyl (C=O) groups is 7. The third-order valence-corrected chi connectivity index (χ3v) is 14.7. The van der Waals surface area contributed by atoms with Crippen LogP contribution in [0.4, 0.5) is 26.3 Å². The summed E-state index contributed by atoms with van der Waals surface area (Å²) in [6.07, 6.45) is -7.61. The molecule has 7 atom stereocenters. The van der Waals surface area contributed by atoms with Crippen molar-refractivity contribution >= 4 is 58.5 Å². The number of hydrogen-bond acceptors (Lipinski definition) is 8. The van der Waals surface area contributed by atoms with Gasteiger partial charge in [0.15, 0.2) is 5.41 Å². The average Bonchev–Trinajstić information content (AvgIpc) is 4.04. The van der Waals surface area contributed by atoms with Crippen LogP contribution in [0.15, 0.2) is 24.3 Å². The van der Waals surface area contributed by atoms with Gasteiger partial charge < -0.3 is 41.1 Å². The predicted octanol–water partition coefficient (Wildman–Crippen LogP) is 5.00. The van der Waals surface area contributed by atoms with Gasteiger partial charge in [-0.15, -0.1) is 0 Å². The van der Waals surface area contributed by atoms with E-state index in [1.807, 2.05) is 26.0 Å². The molecule has 0 radical (unpaired) electrons. The quantitative estimate of drug-likeness (QED) is 0.191. The van der Waals surface area contributed by atoms with Gasteiger partial charge in [-0.05, 0) is 112 Å². The molecule has 6 rings (SSSR count). The zero-order valence-corrected chi connectivity index (χ0v) is 41.7. The summed E-state index contributed by atoms with van der Waals surface area (Å²) in [6.45, 7) is 5.82. The Balaban J connectivity index is 1.28. The van der Waals surface area contributed by atoms with E-state index in [0.717, 1.165) is 16.0 Å². The first kappa shape index (κ1) is 55.4. The lowest BCUT2D eigenvalue weighted by molar-refractivity contribution is -0.299. The van der Waals surface area contributed by atoms with Crippen LogP contribution in [0.1, 0.15) is 116 Å². The Hall–Kier alpha value is -4.92. The highest BCUT2D eigenvalue weighted by molar-refractivity contribution is 6.30. The summed E-state index contributed by atoms with van der Waals surface area (Å²) in [7, 11) is 2.72. The van der Waals surface area contributed by atoms with Crippen molar-refractivity contribution in [3.63, 3.8) is 0 Å². The van der Waals surface area contributed by atoms with E-state index in [4.69, 9.17) is 11.6 Å². The van der Waals surface area contributed by atoms with Gasteiger partial charge in [-0.2, -0.15) is 13.2 Å². The molecule has 2 saturated heterocycles. The fourth-order valence-electron chi connectivity index (χ4n) is 10.2. The molecular formula is C49H66ClF6N7O8. The van der Waals surface area contributed by atoms with Gasteiger partial charge in [0, 0.05) is 51.3 Å². The second kappa shape index (κ2) is 21.7. The zero-order valence-electron chi connectivity index (χ0n) is 40.9. The molecule has 7 amide bonds. The molecule has 71 heavy (non-hydrogen) atoms. The van der Waals surface area contributed by atoms with Gasteiger partial charge in [0.2, 0.25) is 41.4 Å². The van der Waals surface area contributed by atoms with E-state index in [1.165, 1.54) is 32.8 Å². The Morgan fingerprint density at radius 2 is 1.69 bits per heavy atom. The maximum Gasteiger partial charge on any atom is 0.403 e. The molecule has 2 aliphatic heterocycles. The molecule has 1 aromatic carbocycles. The Morgan fingerprint density at radius 3 is 2.28 bits per heavy atom. The average molecular weight is 1030 g/mol. The number of likely N-dealkylation sites (tertiary alicyclic amines) is 1. The minimum Gasteiger partial charge on any atom is -0.393 e. The largest absolute Gasteiger partial charge is 0.403 e. The summed E-state index contributed by atoms with van der Waals surface area (Å²) in [6, 6.07) is -1.88. The number of nitrogens with one attached hydrogen (secondary N) is 4. The van der Waals surface area contributed by atoms with Gasteiger partial charge >= 0.3 is 6.18 Å². The van der Waals surface area contributed by atoms with Crippen LogP contribution in [-0.4, -0.2) is 148 Å². The van der Waals surface area contributed by atoms with Gasteiger partial charge in [-0.3, -0.25) is 33.6 Å². The van der Waals surface area contributed by atoms with E-state index in [9.17, 15) is 65.0 Å². The highest BCUT2D eigenvalue weighted by Gasteiger charge is 2.75. The van der Waals surface area contributed by atoms with Crippen molar-refractivity contribution < 1.29 is 65.0 Å². The molecular weight excluding hydrogens is 964 g/mol. The van der Waals surface area contributed by atoms with Gasteiger partial charge in [-0.25, -0.2) is 13.2 Å². The molecule has 5 N–H and O–H groups in total. The number of amides is 7. The molecule has 3 aliphatic carbocycles. The summed E-state index contributed by atoms with van der Waals surface area (Å²) in [5, 5.41) is 21.5. The topological polar surface area (TPSA) is 198 Å². The second-order valence-electron chi connectivity index (χ2n) is 21.1. The van der Waals surface area contributed by atoms with E-state index >= 15 is 0 Å². The van der Waals surface area contributed by atoms with Crippen molar-refractivity contribution in [2.45, 2.75) is 171 Å². The van der Waals surface area contributed by atoms with Crippen LogP contribution >= 0.6 is 11.6 Å². The molecule has 0 aromatic heterocycles. The molecule has 1 unspecified atom stereocenters. The Morgan fingerprint density at radius 1 is 1.01 bits per heavy atom. The molecule has 22 heteroatoms. The zero-order chi connectivity index (χ0) is 52.5. The molecule has 0 spiro atoms. The maximum atomic E-state index is 14.9. The monoisotopic (exact) mass is 1030 g/mol. The smallest absolute Gasteiger partial charge is 0.393 e. The van der Waals surface area contributed by atoms with Crippen molar-refractivity contribution in [3.05, 3.63) is 40.4 Å². The van der Waals surface area contributed by atoms with Gasteiger partial charge in [0.1, 0.15) is 41.9 Å². The van der Waals surface area contributed by atoms with Gasteiger partial charge in [0.05, 0.1) is 12.6 Å². The number of likely N-dealkylation sites (N-methyl/N-ethyl adjacent to an activating group) is 2. The van der Waals surface area contributed by atoms with Crippen molar-refractivity contribution in [3.8, 4) is 0 Å². The van der Waals surface area contributed by atoms with Crippen molar-refractivity contribution in [2.24, 2.45) is 17.3 Å². The normalized spacial score (nSPS) is 28.0. The number of nitrogens with zero attached hydrogens (tertiary/aromatic N) is 3. The lowest BCUT2D eigenvalue weighted by Gasteiger charge is -2.48. The van der Waals surface area contributed by atoms with Crippen LogP contribution < -0.4 is 21.3 Å². The predicted molar refractivity (Wildman–Crippen MR) is 249 cm³/mol. The van der Waals surface area contributed by atoms with Crippen molar-refractivity contribution in [1.29, 1.82) is 0 Å².